The minimum atomic E-state index is -0.796. The Balaban J connectivity index is 2.03. The predicted octanol–water partition coefficient (Wildman–Crippen LogP) is 2.46. The van der Waals surface area contributed by atoms with Crippen LogP contribution in [0.25, 0.3) is 0 Å². The number of nitro groups is 1. The summed E-state index contributed by atoms with van der Waals surface area (Å²) in [5, 5.41) is 11.0. The molecule has 0 unspecified atom stereocenters. The van der Waals surface area contributed by atoms with Crippen LogP contribution in [0.3, 0.4) is 0 Å². The molecule has 2 N–H and O–H groups in total. The number of hydrogen-bond donors (Lipinski definition) is 2. The smallest absolute Gasteiger partial charge is 0.273 e. The summed E-state index contributed by atoms with van der Waals surface area (Å²) in [7, 11) is 0. The molecule has 0 heterocycles. The highest BCUT2D eigenvalue weighted by atomic mass is 32.2. The number of nitrogens with zero attached hydrogens (tertiary/aromatic N) is 1. The zero-order valence-corrected chi connectivity index (χ0v) is 13.9. The number of nitro benzene ring substituents is 1. The molecule has 0 bridgehead atoms. The van der Waals surface area contributed by atoms with Crippen molar-refractivity contribution in [1.29, 1.82) is 0 Å². The summed E-state index contributed by atoms with van der Waals surface area (Å²) in [6, 6.07) is 9.49. The van der Waals surface area contributed by atoms with E-state index in [9.17, 15) is 24.1 Å². The highest BCUT2D eigenvalue weighted by molar-refractivity contribution is 7.98. The molecular formula is C16H14FN3O4S. The fraction of sp³-hybridized carbons (Fsp3) is 0.125. The summed E-state index contributed by atoms with van der Waals surface area (Å²) in [6.45, 7) is 0. The van der Waals surface area contributed by atoms with Gasteiger partial charge in [-0.15, -0.1) is 11.8 Å². The maximum absolute atomic E-state index is 12.8. The molecule has 7 nitrogen and oxygen atoms in total. The van der Waals surface area contributed by atoms with Gasteiger partial charge in [-0.3, -0.25) is 30.6 Å². The Kier molecular flexibility index (Phi) is 6.07. The molecular weight excluding hydrogens is 349 g/mol. The summed E-state index contributed by atoms with van der Waals surface area (Å²) in [5.41, 5.74) is 4.38. The van der Waals surface area contributed by atoms with Crippen LogP contribution in [0, 0.1) is 15.9 Å². The Morgan fingerprint density at radius 3 is 2.44 bits per heavy atom. The fourth-order valence-electron chi connectivity index (χ4n) is 2.01. The van der Waals surface area contributed by atoms with E-state index in [1.165, 1.54) is 54.2 Å². The van der Waals surface area contributed by atoms with E-state index < -0.39 is 22.6 Å². The molecule has 9 heteroatoms. The van der Waals surface area contributed by atoms with E-state index in [2.05, 4.69) is 10.9 Å². The van der Waals surface area contributed by atoms with Crippen LogP contribution in [0.1, 0.15) is 15.9 Å². The normalized spacial score (nSPS) is 10.2. The lowest BCUT2D eigenvalue weighted by Gasteiger charge is -2.09. The lowest BCUT2D eigenvalue weighted by atomic mass is 10.1. The number of hydrazine groups is 1. The van der Waals surface area contributed by atoms with Crippen molar-refractivity contribution in [3.63, 3.8) is 0 Å². The average Bonchev–Trinajstić information content (AvgIpc) is 2.61. The van der Waals surface area contributed by atoms with Gasteiger partial charge in [0.1, 0.15) is 11.4 Å². The third kappa shape index (κ3) is 5.01. The molecule has 0 atom stereocenters. The van der Waals surface area contributed by atoms with Crippen molar-refractivity contribution in [3.05, 3.63) is 69.5 Å². The Labute approximate surface area is 146 Å². The summed E-state index contributed by atoms with van der Waals surface area (Å²) in [5.74, 6) is -1.75. The monoisotopic (exact) mass is 363 g/mol. The molecule has 0 spiro atoms. The van der Waals surface area contributed by atoms with Gasteiger partial charge in [-0.2, -0.15) is 0 Å². The summed E-state index contributed by atoms with van der Waals surface area (Å²) in [4.78, 5) is 35.0. The molecule has 130 valence electrons. The van der Waals surface area contributed by atoms with E-state index in [-0.39, 0.29) is 17.7 Å². The van der Waals surface area contributed by atoms with Crippen molar-refractivity contribution in [1.82, 2.24) is 10.9 Å². The van der Waals surface area contributed by atoms with Crippen molar-refractivity contribution >= 4 is 29.3 Å². The first kappa shape index (κ1) is 18.4. The van der Waals surface area contributed by atoms with Crippen LogP contribution in [-0.2, 0) is 11.2 Å². The Morgan fingerprint density at radius 1 is 1.16 bits per heavy atom. The molecule has 0 aromatic heterocycles. The van der Waals surface area contributed by atoms with E-state index in [0.717, 1.165) is 0 Å². The van der Waals surface area contributed by atoms with Gasteiger partial charge in [0.2, 0.25) is 5.91 Å². The summed E-state index contributed by atoms with van der Waals surface area (Å²) >= 11 is 1.33. The van der Waals surface area contributed by atoms with Crippen LogP contribution in [0.5, 0.6) is 0 Å². The predicted molar refractivity (Wildman–Crippen MR) is 90.6 cm³/mol. The number of nitrogens with one attached hydrogen (secondary N) is 2. The summed E-state index contributed by atoms with van der Waals surface area (Å²) < 4.78 is 12.8. The first-order chi connectivity index (χ1) is 11.9. The van der Waals surface area contributed by atoms with E-state index in [1.807, 2.05) is 0 Å². The van der Waals surface area contributed by atoms with Crippen LogP contribution in [0.15, 0.2) is 47.4 Å². The van der Waals surface area contributed by atoms with Gasteiger partial charge in [-0.25, -0.2) is 4.39 Å². The average molecular weight is 363 g/mol. The first-order valence-corrected chi connectivity index (χ1v) is 8.29. The molecule has 0 saturated carbocycles. The number of hydrogen-bond acceptors (Lipinski definition) is 5. The van der Waals surface area contributed by atoms with Crippen LogP contribution < -0.4 is 10.9 Å². The molecule has 2 amide bonds. The van der Waals surface area contributed by atoms with Crippen molar-refractivity contribution in [2.24, 2.45) is 0 Å². The SMILES string of the molecule is CSc1ccc([N+](=O)[O-])c(C(=O)NNC(=O)Cc2ccc(F)cc2)c1. The number of carbonyl (C=O) groups excluding carboxylic acids is 2. The number of amides is 2. The van der Waals surface area contributed by atoms with Crippen LogP contribution in [0.2, 0.25) is 0 Å². The zero-order chi connectivity index (χ0) is 18.4. The van der Waals surface area contributed by atoms with Gasteiger partial charge in [-0.1, -0.05) is 12.1 Å². The summed E-state index contributed by atoms with van der Waals surface area (Å²) in [6.07, 6.45) is 1.70. The second-order valence-corrected chi connectivity index (χ2v) is 5.83. The van der Waals surface area contributed by atoms with Gasteiger partial charge >= 0.3 is 0 Å². The third-order valence-corrected chi connectivity index (χ3v) is 3.96. The van der Waals surface area contributed by atoms with Gasteiger partial charge in [-0.05, 0) is 36.1 Å². The Morgan fingerprint density at radius 2 is 1.84 bits per heavy atom. The molecule has 0 aliphatic heterocycles. The van der Waals surface area contributed by atoms with E-state index in [4.69, 9.17) is 0 Å². The van der Waals surface area contributed by atoms with Gasteiger partial charge in [0.15, 0.2) is 0 Å². The molecule has 2 aromatic carbocycles. The van der Waals surface area contributed by atoms with Crippen molar-refractivity contribution < 1.29 is 18.9 Å². The largest absolute Gasteiger partial charge is 0.282 e. The Hall–Kier alpha value is -2.94. The van der Waals surface area contributed by atoms with Gasteiger partial charge < -0.3 is 0 Å². The lowest BCUT2D eigenvalue weighted by Crippen LogP contribution is -2.42. The van der Waals surface area contributed by atoms with Crippen LogP contribution in [0.4, 0.5) is 10.1 Å². The maximum atomic E-state index is 12.8. The number of rotatable bonds is 5. The van der Waals surface area contributed by atoms with E-state index >= 15 is 0 Å². The molecule has 0 saturated heterocycles. The zero-order valence-electron chi connectivity index (χ0n) is 13.1. The number of carbonyl (C=O) groups is 2. The number of halogens is 1. The lowest BCUT2D eigenvalue weighted by molar-refractivity contribution is -0.385. The minimum absolute atomic E-state index is 0.0759. The van der Waals surface area contributed by atoms with Crippen molar-refractivity contribution in [2.75, 3.05) is 6.26 Å². The van der Waals surface area contributed by atoms with Gasteiger partial charge in [0.05, 0.1) is 11.3 Å². The standard InChI is InChI=1S/C16H14FN3O4S/c1-25-12-6-7-14(20(23)24)13(9-12)16(22)19-18-15(21)8-10-2-4-11(17)5-3-10/h2-7,9H,8H2,1H3,(H,18,21)(H,19,22). The second-order valence-electron chi connectivity index (χ2n) is 4.95. The third-order valence-electron chi connectivity index (χ3n) is 3.24. The second kappa shape index (κ2) is 8.25. The molecule has 2 aromatic rings. The fourth-order valence-corrected chi connectivity index (χ4v) is 2.45. The number of benzene rings is 2. The maximum Gasteiger partial charge on any atom is 0.282 e. The molecule has 25 heavy (non-hydrogen) atoms. The highest BCUT2D eigenvalue weighted by Gasteiger charge is 2.21. The minimum Gasteiger partial charge on any atom is -0.273 e. The van der Waals surface area contributed by atoms with E-state index in [1.54, 1.807) is 6.26 Å². The first-order valence-electron chi connectivity index (χ1n) is 7.06. The molecule has 0 radical (unpaired) electrons. The molecule has 0 aliphatic rings. The van der Waals surface area contributed by atoms with Crippen molar-refractivity contribution in [3.8, 4) is 0 Å². The van der Waals surface area contributed by atoms with Crippen LogP contribution >= 0.6 is 11.8 Å². The highest BCUT2D eigenvalue weighted by Crippen LogP contribution is 2.24. The van der Waals surface area contributed by atoms with Gasteiger partial charge in [0.25, 0.3) is 11.6 Å². The Bertz CT molecular complexity index is 812. The van der Waals surface area contributed by atoms with Gasteiger partial charge in [0, 0.05) is 11.0 Å². The van der Waals surface area contributed by atoms with Crippen molar-refractivity contribution in [2.45, 2.75) is 11.3 Å². The molecule has 0 fully saturated rings. The molecule has 2 rings (SSSR count). The molecule has 0 aliphatic carbocycles. The number of thioether (sulfide) groups is 1. The quantitative estimate of drug-likeness (QED) is 0.483. The van der Waals surface area contributed by atoms with Crippen LogP contribution in [-0.4, -0.2) is 23.0 Å². The topological polar surface area (TPSA) is 101 Å². The van der Waals surface area contributed by atoms with E-state index in [0.29, 0.717) is 10.5 Å².